The Hall–Kier alpha value is -1.69. The molecule has 2 heterocycles. The minimum absolute atomic E-state index is 0.342. The van der Waals surface area contributed by atoms with Crippen molar-refractivity contribution >= 4 is 27.5 Å². The first-order valence-corrected chi connectivity index (χ1v) is 4.79. The molecule has 0 unspecified atom stereocenters. The first-order valence-electron chi connectivity index (χ1n) is 4.00. The van der Waals surface area contributed by atoms with Gasteiger partial charge in [-0.2, -0.15) is 0 Å². The Morgan fingerprint density at radius 3 is 2.87 bits per heavy atom. The largest absolute Gasteiger partial charge is 0.477 e. The lowest BCUT2D eigenvalue weighted by Crippen LogP contribution is -2.22. The van der Waals surface area contributed by atoms with Crippen molar-refractivity contribution in [3.8, 4) is 0 Å². The zero-order valence-corrected chi connectivity index (χ0v) is 8.93. The van der Waals surface area contributed by atoms with Gasteiger partial charge in [0, 0.05) is 16.9 Å². The summed E-state index contributed by atoms with van der Waals surface area (Å²) in [5.74, 6) is -1.28. The van der Waals surface area contributed by atoms with Gasteiger partial charge in [0.25, 0.3) is 5.56 Å². The minimum Gasteiger partial charge on any atom is -0.477 e. The average molecular weight is 269 g/mol. The Kier molecular flexibility index (Phi) is 2.28. The highest BCUT2D eigenvalue weighted by molar-refractivity contribution is 9.10. The smallest absolute Gasteiger partial charge is 0.342 e. The molecule has 2 aromatic rings. The van der Waals surface area contributed by atoms with Crippen LogP contribution in [0.1, 0.15) is 10.4 Å². The molecule has 0 bridgehead atoms. The van der Waals surface area contributed by atoms with Gasteiger partial charge in [0.15, 0.2) is 0 Å². The fourth-order valence-corrected chi connectivity index (χ4v) is 1.53. The predicted octanol–water partition coefficient (Wildman–Crippen LogP) is 1.16. The standard InChI is InChI=1S/C9H5BrN2O3/c10-5-1-2-7-11-3-6(9(14)15)8(13)12(7)4-5/h1-4H,(H,14,15). The van der Waals surface area contributed by atoms with Gasteiger partial charge < -0.3 is 5.11 Å². The maximum absolute atomic E-state index is 11.6. The van der Waals surface area contributed by atoms with Crippen molar-refractivity contribution in [1.82, 2.24) is 9.38 Å². The van der Waals surface area contributed by atoms with E-state index in [1.807, 2.05) is 0 Å². The van der Waals surface area contributed by atoms with Gasteiger partial charge in [-0.05, 0) is 28.1 Å². The topological polar surface area (TPSA) is 71.7 Å². The third-order valence-electron chi connectivity index (χ3n) is 1.90. The maximum Gasteiger partial charge on any atom is 0.342 e. The van der Waals surface area contributed by atoms with E-state index in [9.17, 15) is 9.59 Å². The van der Waals surface area contributed by atoms with Crippen LogP contribution in [0.3, 0.4) is 0 Å². The second-order valence-electron chi connectivity index (χ2n) is 2.86. The van der Waals surface area contributed by atoms with Gasteiger partial charge in [-0.1, -0.05) is 0 Å². The Labute approximate surface area is 92.1 Å². The van der Waals surface area contributed by atoms with Crippen molar-refractivity contribution in [3.05, 3.63) is 44.9 Å². The monoisotopic (exact) mass is 268 g/mol. The molecule has 0 saturated heterocycles. The third kappa shape index (κ3) is 1.63. The lowest BCUT2D eigenvalue weighted by molar-refractivity contribution is 0.0694. The van der Waals surface area contributed by atoms with Gasteiger partial charge in [-0.3, -0.25) is 9.20 Å². The highest BCUT2D eigenvalue weighted by atomic mass is 79.9. The van der Waals surface area contributed by atoms with Crippen molar-refractivity contribution in [2.75, 3.05) is 0 Å². The van der Waals surface area contributed by atoms with E-state index >= 15 is 0 Å². The normalized spacial score (nSPS) is 10.5. The number of pyridine rings is 1. The molecule has 0 aromatic carbocycles. The maximum atomic E-state index is 11.6. The van der Waals surface area contributed by atoms with E-state index in [4.69, 9.17) is 5.11 Å². The van der Waals surface area contributed by atoms with Crippen LogP contribution in [0, 0.1) is 0 Å². The zero-order chi connectivity index (χ0) is 11.0. The number of fused-ring (bicyclic) bond motifs is 1. The van der Waals surface area contributed by atoms with E-state index in [1.165, 1.54) is 10.6 Å². The molecule has 5 nitrogen and oxygen atoms in total. The van der Waals surface area contributed by atoms with Gasteiger partial charge in [0.2, 0.25) is 0 Å². The summed E-state index contributed by atoms with van der Waals surface area (Å²) in [5.41, 5.74) is -0.521. The lowest BCUT2D eigenvalue weighted by Gasteiger charge is -2.01. The molecule has 0 aliphatic rings. The first-order chi connectivity index (χ1) is 7.09. The minimum atomic E-state index is -1.28. The molecule has 15 heavy (non-hydrogen) atoms. The molecular formula is C9H5BrN2O3. The number of aromatic nitrogens is 2. The Bertz CT molecular complexity index is 606. The summed E-state index contributed by atoms with van der Waals surface area (Å²) >= 11 is 3.19. The van der Waals surface area contributed by atoms with Crippen molar-refractivity contribution in [3.63, 3.8) is 0 Å². The second-order valence-corrected chi connectivity index (χ2v) is 3.77. The molecular weight excluding hydrogens is 264 g/mol. The molecule has 0 amide bonds. The molecule has 0 spiro atoms. The first kappa shape index (κ1) is 9.85. The highest BCUT2D eigenvalue weighted by Gasteiger charge is 2.11. The summed E-state index contributed by atoms with van der Waals surface area (Å²) in [4.78, 5) is 26.2. The Balaban J connectivity index is 2.89. The summed E-state index contributed by atoms with van der Waals surface area (Å²) in [6.07, 6.45) is 2.55. The van der Waals surface area contributed by atoms with E-state index in [-0.39, 0.29) is 5.56 Å². The van der Waals surface area contributed by atoms with Crippen molar-refractivity contribution in [1.29, 1.82) is 0 Å². The van der Waals surface area contributed by atoms with Crippen LogP contribution in [0.5, 0.6) is 0 Å². The third-order valence-corrected chi connectivity index (χ3v) is 2.37. The van der Waals surface area contributed by atoms with Crippen LogP contribution in [0.4, 0.5) is 0 Å². The number of nitrogens with zero attached hydrogens (tertiary/aromatic N) is 2. The number of carboxylic acid groups (broad SMARTS) is 1. The molecule has 6 heteroatoms. The van der Waals surface area contributed by atoms with Gasteiger partial charge in [0.1, 0.15) is 11.2 Å². The summed E-state index contributed by atoms with van der Waals surface area (Å²) in [5, 5.41) is 8.73. The van der Waals surface area contributed by atoms with Gasteiger partial charge >= 0.3 is 5.97 Å². The van der Waals surface area contributed by atoms with Crippen LogP contribution >= 0.6 is 15.9 Å². The van der Waals surface area contributed by atoms with E-state index in [0.29, 0.717) is 10.1 Å². The summed E-state index contributed by atoms with van der Waals surface area (Å²) < 4.78 is 1.87. The fourth-order valence-electron chi connectivity index (χ4n) is 1.20. The van der Waals surface area contributed by atoms with Crippen LogP contribution in [0.2, 0.25) is 0 Å². The number of hydrogen-bond donors (Lipinski definition) is 1. The zero-order valence-electron chi connectivity index (χ0n) is 7.35. The highest BCUT2D eigenvalue weighted by Crippen LogP contribution is 2.08. The SMILES string of the molecule is O=C(O)c1cnc2ccc(Br)cn2c1=O. The van der Waals surface area contributed by atoms with Crippen LogP contribution in [0.15, 0.2) is 33.8 Å². The number of aromatic carboxylic acids is 1. The molecule has 0 aliphatic carbocycles. The van der Waals surface area contributed by atoms with E-state index in [1.54, 1.807) is 12.1 Å². The van der Waals surface area contributed by atoms with Crippen LogP contribution in [-0.2, 0) is 0 Å². The lowest BCUT2D eigenvalue weighted by atomic mass is 10.3. The van der Waals surface area contributed by atoms with Crippen molar-refractivity contribution in [2.45, 2.75) is 0 Å². The van der Waals surface area contributed by atoms with E-state index < -0.39 is 11.5 Å². The average Bonchev–Trinajstić information content (AvgIpc) is 2.19. The molecule has 2 aromatic heterocycles. The molecule has 0 aliphatic heterocycles. The molecule has 0 atom stereocenters. The molecule has 0 fully saturated rings. The van der Waals surface area contributed by atoms with Gasteiger partial charge in [-0.25, -0.2) is 9.78 Å². The Morgan fingerprint density at radius 1 is 1.47 bits per heavy atom. The van der Waals surface area contributed by atoms with Crippen LogP contribution in [0.25, 0.3) is 5.65 Å². The molecule has 0 radical (unpaired) electrons. The van der Waals surface area contributed by atoms with E-state index in [0.717, 1.165) is 6.20 Å². The van der Waals surface area contributed by atoms with E-state index in [2.05, 4.69) is 20.9 Å². The quantitative estimate of drug-likeness (QED) is 0.843. The number of carboxylic acids is 1. The Morgan fingerprint density at radius 2 is 2.20 bits per heavy atom. The molecule has 0 saturated carbocycles. The van der Waals surface area contributed by atoms with Crippen LogP contribution in [-0.4, -0.2) is 20.5 Å². The number of hydrogen-bond acceptors (Lipinski definition) is 3. The number of halogens is 1. The molecule has 2 rings (SSSR count). The summed E-state index contributed by atoms with van der Waals surface area (Å²) in [7, 11) is 0. The predicted molar refractivity (Wildman–Crippen MR) is 56.1 cm³/mol. The number of rotatable bonds is 1. The fraction of sp³-hybridized carbons (Fsp3) is 0. The van der Waals surface area contributed by atoms with Gasteiger partial charge in [0.05, 0.1) is 0 Å². The second kappa shape index (κ2) is 3.47. The molecule has 1 N–H and O–H groups in total. The van der Waals surface area contributed by atoms with Crippen LogP contribution < -0.4 is 5.56 Å². The number of carbonyl (C=O) groups is 1. The molecule has 76 valence electrons. The summed E-state index contributed by atoms with van der Waals surface area (Å²) in [6.45, 7) is 0. The van der Waals surface area contributed by atoms with Crippen molar-refractivity contribution in [2.24, 2.45) is 0 Å². The van der Waals surface area contributed by atoms with Gasteiger partial charge in [-0.15, -0.1) is 0 Å². The summed E-state index contributed by atoms with van der Waals surface area (Å²) in [6, 6.07) is 3.35. The van der Waals surface area contributed by atoms with Crippen molar-refractivity contribution < 1.29 is 9.90 Å².